The molecule has 10 atom stereocenters. The Morgan fingerprint density at radius 2 is 1.76 bits per heavy atom. The maximum absolute atomic E-state index is 14.5. The number of ether oxygens (including phenoxy) is 2. The number of likely N-dealkylation sites (N-methyl/N-ethyl adjacent to an activating group) is 2. The summed E-state index contributed by atoms with van der Waals surface area (Å²) in [5.74, 6) is 3.93. The van der Waals surface area contributed by atoms with Crippen LogP contribution in [0.2, 0.25) is 0 Å². The number of nitrogens with one attached hydrogen (secondary N) is 2. The third kappa shape index (κ3) is 15.2. The lowest BCUT2D eigenvalue weighted by molar-refractivity contribution is -0.147. The molecule has 3 rings (SSSR count). The number of methoxy groups -OCH3 is 2. The second kappa shape index (κ2) is 27.1. The molecule has 0 saturated carbocycles. The molecule has 0 radical (unpaired) electrons. The van der Waals surface area contributed by atoms with Gasteiger partial charge < -0.3 is 34.5 Å². The summed E-state index contributed by atoms with van der Waals surface area (Å²) in [4.78, 5) is 57.7. The highest BCUT2D eigenvalue weighted by atomic mass is 32.1. The summed E-state index contributed by atoms with van der Waals surface area (Å²) >= 11 is 1.54. The molecule has 1 aromatic carbocycles. The van der Waals surface area contributed by atoms with E-state index in [1.807, 2.05) is 68.1 Å². The van der Waals surface area contributed by atoms with Gasteiger partial charge >= 0.3 is 0 Å². The van der Waals surface area contributed by atoms with E-state index in [4.69, 9.17) is 15.4 Å². The number of benzene rings is 1. The number of aliphatic hydroxyl groups is 1. The van der Waals surface area contributed by atoms with Gasteiger partial charge in [0.15, 0.2) is 0 Å². The van der Waals surface area contributed by atoms with Crippen LogP contribution in [0, 0.1) is 17.8 Å². The predicted octanol–water partition coefficient (Wildman–Crippen LogP) is 5.72. The van der Waals surface area contributed by atoms with Gasteiger partial charge in [0, 0.05) is 45.3 Å². The van der Waals surface area contributed by atoms with E-state index < -0.39 is 36.6 Å². The Morgan fingerprint density at radius 3 is 2.34 bits per heavy atom. The highest BCUT2D eigenvalue weighted by Crippen LogP contribution is 2.31. The highest BCUT2D eigenvalue weighted by Gasteiger charge is 2.43. The fourth-order valence-corrected chi connectivity index (χ4v) is 9.69. The van der Waals surface area contributed by atoms with Gasteiger partial charge in [0.2, 0.25) is 17.7 Å². The maximum atomic E-state index is 14.5. The van der Waals surface area contributed by atoms with Gasteiger partial charge in [-0.15, -0.1) is 11.3 Å². The quantitative estimate of drug-likeness (QED) is 0.0341. The van der Waals surface area contributed by atoms with Crippen LogP contribution in [0.15, 0.2) is 54.1 Å². The molecule has 10 unspecified atom stereocenters. The van der Waals surface area contributed by atoms with E-state index in [0.717, 1.165) is 55.5 Å². The van der Waals surface area contributed by atoms with Gasteiger partial charge in [-0.3, -0.25) is 24.6 Å². The zero-order valence-electron chi connectivity index (χ0n) is 39.3. The Hall–Kier alpha value is -3.28. The minimum Gasteiger partial charge on any atom is -0.379 e. The summed E-state index contributed by atoms with van der Waals surface area (Å²) in [5, 5.41) is 21.0. The van der Waals surface area contributed by atoms with Crippen molar-refractivity contribution in [3.8, 4) is 0 Å². The zero-order chi connectivity index (χ0) is 45.9. The van der Waals surface area contributed by atoms with E-state index in [0.29, 0.717) is 31.7 Å². The van der Waals surface area contributed by atoms with Crippen LogP contribution in [-0.4, -0.2) is 133 Å². The first-order valence-corrected chi connectivity index (χ1v) is 23.5. The molecule has 5 N–H and O–H groups in total. The fraction of sp³-hybridized carbons (Fsp3) is 0.702. The second-order valence-corrected chi connectivity index (χ2v) is 18.6. The number of carbonyl (C=O) groups excluding carboxylic acids is 3. The van der Waals surface area contributed by atoms with Crippen LogP contribution in [0.5, 0.6) is 0 Å². The Kier molecular flexibility index (Phi) is 23.2. The number of likely N-dealkylation sites (tertiary alicyclic amines) is 1. The molecule has 1 fully saturated rings. The van der Waals surface area contributed by atoms with Crippen LogP contribution in [0.25, 0.3) is 0 Å². The van der Waals surface area contributed by atoms with Crippen molar-refractivity contribution in [2.75, 3.05) is 48.0 Å². The molecule has 3 amide bonds. The molecule has 350 valence electrons. The van der Waals surface area contributed by atoms with Gasteiger partial charge in [-0.25, -0.2) is 10.9 Å². The molecule has 1 aromatic heterocycles. The molecular weight excluding hydrogens is 807 g/mol. The molecule has 14 nitrogen and oxygen atoms in total. The van der Waals surface area contributed by atoms with Crippen molar-refractivity contribution in [2.24, 2.45) is 23.7 Å². The van der Waals surface area contributed by atoms with Crippen LogP contribution in [0.3, 0.4) is 0 Å². The first-order valence-electron chi connectivity index (χ1n) is 22.6. The zero-order valence-corrected chi connectivity index (χ0v) is 40.1. The number of aromatic nitrogens is 1. The molecule has 0 aliphatic carbocycles. The minimum absolute atomic E-state index is 0.0278. The Bertz CT molecular complexity index is 1620. The first kappa shape index (κ1) is 53.1. The molecule has 1 aliphatic rings. The number of rotatable bonds is 29. The summed E-state index contributed by atoms with van der Waals surface area (Å²) in [7, 11) is 6.88. The number of hydrogen-bond donors (Lipinski definition) is 4. The lowest BCUT2D eigenvalue weighted by atomic mass is 9.89. The van der Waals surface area contributed by atoms with Crippen LogP contribution in [0.4, 0.5) is 0 Å². The van der Waals surface area contributed by atoms with Crippen molar-refractivity contribution in [3.63, 3.8) is 0 Å². The number of thiazole rings is 1. The molecule has 1 saturated heterocycles. The molecule has 2 heterocycles. The van der Waals surface area contributed by atoms with Crippen molar-refractivity contribution in [1.82, 2.24) is 30.3 Å². The van der Waals surface area contributed by atoms with Crippen molar-refractivity contribution < 1.29 is 33.8 Å². The minimum atomic E-state index is -0.941. The van der Waals surface area contributed by atoms with E-state index in [9.17, 15) is 19.5 Å². The summed E-state index contributed by atoms with van der Waals surface area (Å²) in [5.41, 5.74) is 1.82. The fourth-order valence-electron chi connectivity index (χ4n) is 8.99. The Labute approximate surface area is 376 Å². The van der Waals surface area contributed by atoms with E-state index in [2.05, 4.69) is 53.0 Å². The first-order chi connectivity index (χ1) is 29.6. The topological polar surface area (TPSA) is 172 Å². The second-order valence-electron chi connectivity index (χ2n) is 17.6. The van der Waals surface area contributed by atoms with Crippen molar-refractivity contribution >= 4 is 29.1 Å². The summed E-state index contributed by atoms with van der Waals surface area (Å²) in [6.07, 6.45) is 6.46. The number of amides is 3. The average molecular weight is 886 g/mol. The lowest BCUT2D eigenvalue weighted by Gasteiger charge is -2.41. The smallest absolute Gasteiger partial charge is 0.245 e. The summed E-state index contributed by atoms with van der Waals surface area (Å²) in [6, 6.07) is 7.77. The monoisotopic (exact) mass is 886 g/mol. The normalized spacial score (nSPS) is 18.7. The largest absolute Gasteiger partial charge is 0.379 e. The van der Waals surface area contributed by atoms with Gasteiger partial charge in [0.25, 0.3) is 0 Å². The van der Waals surface area contributed by atoms with Gasteiger partial charge in [0.1, 0.15) is 23.3 Å². The summed E-state index contributed by atoms with van der Waals surface area (Å²) in [6.45, 7) is 17.7. The number of aliphatic hydroxyl groups excluding tert-OH is 1. The summed E-state index contributed by atoms with van der Waals surface area (Å²) < 4.78 is 12.2. The molecule has 62 heavy (non-hydrogen) atoms. The van der Waals surface area contributed by atoms with Crippen LogP contribution < -0.4 is 16.5 Å². The highest BCUT2D eigenvalue weighted by molar-refractivity contribution is 7.09. The third-order valence-corrected chi connectivity index (χ3v) is 13.6. The number of nitrogens with zero attached hydrogens (tertiary/aromatic N) is 4. The number of carbonyl (C=O) groups is 3. The van der Waals surface area contributed by atoms with E-state index in [1.165, 1.54) is 0 Å². The van der Waals surface area contributed by atoms with E-state index >= 15 is 0 Å². The standard InChI is InChI=1S/C47H79N7O7S/c1-12-33(6)42(53(9)47(58)40(31(2)3)51-45(57)41(32(4)5)52(8)25-18-13-14-19-27-61-48)38(59-10)30-39(55)54-26-20-23-37(54)43(60-11)34(7)44(56)50-36(46-49-24-28-62-46)29-35-21-16-15-17-22-35/h15-17,21-22,24,28,31,33-34,36-38,40-44,50,56H,4,12-14,18-20,23,25-27,29-30,48H2,1-3,5-11H3,(H,51,57). The predicted molar refractivity (Wildman–Crippen MR) is 247 cm³/mol. The third-order valence-electron chi connectivity index (χ3n) is 12.7. The number of unbranched alkanes of at least 4 members (excludes halogenated alkanes) is 3. The van der Waals surface area contributed by atoms with Crippen LogP contribution >= 0.6 is 11.3 Å². The molecule has 0 bridgehead atoms. The van der Waals surface area contributed by atoms with Gasteiger partial charge in [-0.1, -0.05) is 96.4 Å². The molecule has 1 aliphatic heterocycles. The van der Waals surface area contributed by atoms with Crippen LogP contribution in [-0.2, 0) is 35.1 Å². The molecule has 15 heteroatoms. The average Bonchev–Trinajstić information content (AvgIpc) is 3.97. The Balaban J connectivity index is 1.75. The van der Waals surface area contributed by atoms with Crippen LogP contribution in [0.1, 0.15) is 110 Å². The molecule has 2 aromatic rings. The van der Waals surface area contributed by atoms with Crippen molar-refractivity contribution in [2.45, 2.75) is 148 Å². The van der Waals surface area contributed by atoms with Crippen molar-refractivity contribution in [3.05, 3.63) is 64.6 Å². The SMILES string of the molecule is C=C(C)C(C(=O)NC(C(=O)N(C)C(C(C)CC)C(CC(=O)N1CCCC1C(OC)C(C)C(O)NC(Cc1ccccc1)c1nccs1)OC)C(C)C)N(C)CCCCCCON. The van der Waals surface area contributed by atoms with Gasteiger partial charge in [0.05, 0.1) is 43.4 Å². The van der Waals surface area contributed by atoms with Crippen molar-refractivity contribution in [1.29, 1.82) is 0 Å². The number of nitrogens with two attached hydrogens (primary N) is 1. The Morgan fingerprint density at radius 1 is 1.06 bits per heavy atom. The number of hydrogen-bond acceptors (Lipinski definition) is 12. The van der Waals surface area contributed by atoms with Gasteiger partial charge in [-0.05, 0) is 70.0 Å². The van der Waals surface area contributed by atoms with E-state index in [-0.39, 0.29) is 54.0 Å². The van der Waals surface area contributed by atoms with Gasteiger partial charge in [-0.2, -0.15) is 0 Å². The molecular formula is C47H79N7O7S. The van der Waals surface area contributed by atoms with E-state index in [1.54, 1.807) is 43.7 Å². The maximum Gasteiger partial charge on any atom is 0.245 e. The molecule has 0 spiro atoms. The lowest BCUT2D eigenvalue weighted by Crippen LogP contribution is -2.59.